The zero-order valence-electron chi connectivity index (χ0n) is 11.4. The first-order valence-corrected chi connectivity index (χ1v) is 6.58. The molecule has 1 unspecified atom stereocenters. The molecule has 1 saturated carbocycles. The van der Waals surface area contributed by atoms with Gasteiger partial charge >= 0.3 is 5.97 Å². The van der Waals surface area contributed by atoms with Gasteiger partial charge in [-0.05, 0) is 37.8 Å². The van der Waals surface area contributed by atoms with Gasteiger partial charge in [0.2, 0.25) is 0 Å². The van der Waals surface area contributed by atoms with Crippen LogP contribution in [0.4, 0.5) is 5.69 Å². The molecule has 0 aromatic carbocycles. The van der Waals surface area contributed by atoms with Crippen LogP contribution in [-0.2, 0) is 4.74 Å². The fraction of sp³-hybridized carbons (Fsp3) is 0.571. The lowest BCUT2D eigenvalue weighted by molar-refractivity contribution is 0.0690. The average Bonchev–Trinajstić information content (AvgIpc) is 3.23. The summed E-state index contributed by atoms with van der Waals surface area (Å²) in [4.78, 5) is 17.0. The van der Waals surface area contributed by atoms with Gasteiger partial charge in [0.1, 0.15) is 5.69 Å². The Bertz CT molecular complexity index is 429. The number of aromatic nitrogens is 1. The Kier molecular flexibility index (Phi) is 4.37. The van der Waals surface area contributed by atoms with Crippen LogP contribution in [0.15, 0.2) is 18.3 Å². The molecule has 5 nitrogen and oxygen atoms in total. The number of pyridine rings is 1. The summed E-state index contributed by atoms with van der Waals surface area (Å²) in [6.45, 7) is 3.65. The van der Waals surface area contributed by atoms with Crippen LogP contribution in [0.2, 0.25) is 0 Å². The zero-order chi connectivity index (χ0) is 13.8. The molecular formula is C14H20N2O3. The Morgan fingerprint density at radius 2 is 2.32 bits per heavy atom. The van der Waals surface area contributed by atoms with E-state index >= 15 is 0 Å². The normalized spacial score (nSPS) is 16.1. The number of nitrogens with zero attached hydrogens (tertiary/aromatic N) is 2. The number of hydrogen-bond acceptors (Lipinski definition) is 4. The molecular weight excluding hydrogens is 244 g/mol. The van der Waals surface area contributed by atoms with Crippen LogP contribution in [-0.4, -0.2) is 42.4 Å². The largest absolute Gasteiger partial charge is 0.477 e. The second-order valence-electron chi connectivity index (χ2n) is 4.97. The van der Waals surface area contributed by atoms with Crippen molar-refractivity contribution in [2.75, 3.05) is 25.2 Å². The molecule has 1 aromatic rings. The van der Waals surface area contributed by atoms with Gasteiger partial charge in [-0.1, -0.05) is 0 Å². The molecule has 0 saturated heterocycles. The lowest BCUT2D eigenvalue weighted by Gasteiger charge is -2.31. The first kappa shape index (κ1) is 13.8. The molecule has 1 aliphatic carbocycles. The zero-order valence-corrected chi connectivity index (χ0v) is 11.4. The van der Waals surface area contributed by atoms with Crippen LogP contribution in [0.3, 0.4) is 0 Å². The number of aromatic carboxylic acids is 1. The van der Waals surface area contributed by atoms with Crippen molar-refractivity contribution in [2.24, 2.45) is 5.92 Å². The molecule has 0 spiro atoms. The van der Waals surface area contributed by atoms with E-state index in [0.29, 0.717) is 12.6 Å². The Morgan fingerprint density at radius 3 is 2.79 bits per heavy atom. The molecule has 0 aliphatic heterocycles. The molecule has 0 bridgehead atoms. The minimum atomic E-state index is -0.995. The fourth-order valence-corrected chi connectivity index (χ4v) is 2.27. The monoisotopic (exact) mass is 264 g/mol. The van der Waals surface area contributed by atoms with Gasteiger partial charge in [-0.3, -0.25) is 0 Å². The Balaban J connectivity index is 2.13. The van der Waals surface area contributed by atoms with Crippen LogP contribution in [0.5, 0.6) is 0 Å². The van der Waals surface area contributed by atoms with Crippen molar-refractivity contribution in [1.82, 2.24) is 4.98 Å². The highest BCUT2D eigenvalue weighted by atomic mass is 16.5. The maximum Gasteiger partial charge on any atom is 0.354 e. The van der Waals surface area contributed by atoms with Gasteiger partial charge in [-0.15, -0.1) is 0 Å². The number of carboxylic acids is 1. The molecule has 1 N–H and O–H groups in total. The van der Waals surface area contributed by atoms with Crippen molar-refractivity contribution < 1.29 is 14.6 Å². The highest BCUT2D eigenvalue weighted by Gasteiger charge is 2.32. The number of carboxylic acid groups (broad SMARTS) is 1. The second kappa shape index (κ2) is 6.02. The van der Waals surface area contributed by atoms with E-state index in [0.717, 1.165) is 18.2 Å². The molecule has 1 fully saturated rings. The number of methoxy groups -OCH3 is 1. The highest BCUT2D eigenvalue weighted by molar-refractivity contribution is 5.85. The van der Waals surface area contributed by atoms with E-state index in [1.54, 1.807) is 19.4 Å². The minimum Gasteiger partial charge on any atom is -0.477 e. The van der Waals surface area contributed by atoms with Crippen LogP contribution >= 0.6 is 0 Å². The first-order valence-electron chi connectivity index (χ1n) is 6.58. The van der Waals surface area contributed by atoms with Crippen molar-refractivity contribution in [3.8, 4) is 0 Å². The van der Waals surface area contributed by atoms with Gasteiger partial charge in [0.05, 0.1) is 18.5 Å². The molecule has 5 heteroatoms. The number of anilines is 1. The average molecular weight is 264 g/mol. The maximum absolute atomic E-state index is 10.8. The topological polar surface area (TPSA) is 62.7 Å². The number of rotatable bonds is 7. The van der Waals surface area contributed by atoms with E-state index in [1.807, 2.05) is 6.07 Å². The summed E-state index contributed by atoms with van der Waals surface area (Å²) in [5, 5.41) is 8.87. The van der Waals surface area contributed by atoms with E-state index in [9.17, 15) is 4.79 Å². The number of ether oxygens (including phenoxy) is 1. The van der Waals surface area contributed by atoms with Gasteiger partial charge in [0.15, 0.2) is 0 Å². The molecule has 1 aromatic heterocycles. The highest BCUT2D eigenvalue weighted by Crippen LogP contribution is 2.36. The van der Waals surface area contributed by atoms with Crippen molar-refractivity contribution in [1.29, 1.82) is 0 Å². The summed E-state index contributed by atoms with van der Waals surface area (Å²) in [7, 11) is 1.69. The molecule has 0 radical (unpaired) electrons. The van der Waals surface area contributed by atoms with Crippen LogP contribution in [0.25, 0.3) is 0 Å². The molecule has 1 aliphatic rings. The van der Waals surface area contributed by atoms with Gasteiger partial charge in [0, 0.05) is 19.7 Å². The van der Waals surface area contributed by atoms with Crippen LogP contribution < -0.4 is 4.90 Å². The Labute approximate surface area is 113 Å². The summed E-state index contributed by atoms with van der Waals surface area (Å²) in [5.41, 5.74) is 1.04. The SMILES string of the molecule is COCCN(c1ccc(C(=O)O)nc1)C(C)C1CC1. The minimum absolute atomic E-state index is 0.0783. The van der Waals surface area contributed by atoms with E-state index in [4.69, 9.17) is 9.84 Å². The fourth-order valence-electron chi connectivity index (χ4n) is 2.27. The summed E-state index contributed by atoms with van der Waals surface area (Å²) in [6.07, 6.45) is 4.18. The Hall–Kier alpha value is -1.62. The van der Waals surface area contributed by atoms with Crippen LogP contribution in [0.1, 0.15) is 30.3 Å². The number of hydrogen-bond donors (Lipinski definition) is 1. The van der Waals surface area contributed by atoms with Crippen molar-refractivity contribution in [3.63, 3.8) is 0 Å². The summed E-state index contributed by atoms with van der Waals surface area (Å²) in [6, 6.07) is 3.81. The van der Waals surface area contributed by atoms with E-state index in [-0.39, 0.29) is 5.69 Å². The predicted molar refractivity (Wildman–Crippen MR) is 72.6 cm³/mol. The van der Waals surface area contributed by atoms with E-state index in [1.165, 1.54) is 12.8 Å². The quantitative estimate of drug-likeness (QED) is 0.816. The predicted octanol–water partition coefficient (Wildman–Crippen LogP) is 2.03. The van der Waals surface area contributed by atoms with Crippen molar-refractivity contribution in [2.45, 2.75) is 25.8 Å². The summed E-state index contributed by atoms with van der Waals surface area (Å²) in [5.74, 6) is -0.263. The smallest absolute Gasteiger partial charge is 0.354 e. The lowest BCUT2D eigenvalue weighted by atomic mass is 10.1. The molecule has 2 rings (SSSR count). The van der Waals surface area contributed by atoms with E-state index < -0.39 is 5.97 Å². The summed E-state index contributed by atoms with van der Waals surface area (Å²) >= 11 is 0. The Morgan fingerprint density at radius 1 is 1.58 bits per heavy atom. The molecule has 104 valence electrons. The standard InChI is InChI=1S/C14H20N2O3/c1-10(11-3-4-11)16(7-8-19-2)12-5-6-13(14(17)18)15-9-12/h5-6,9-11H,3-4,7-8H2,1-2H3,(H,17,18). The van der Waals surface area contributed by atoms with Gasteiger partial charge in [-0.25, -0.2) is 9.78 Å². The molecule has 1 atom stereocenters. The molecule has 1 heterocycles. The third kappa shape index (κ3) is 3.44. The van der Waals surface area contributed by atoms with E-state index in [2.05, 4.69) is 16.8 Å². The van der Waals surface area contributed by atoms with Gasteiger partial charge < -0.3 is 14.7 Å². The van der Waals surface area contributed by atoms with Crippen LogP contribution in [0, 0.1) is 5.92 Å². The van der Waals surface area contributed by atoms with Gasteiger partial charge in [-0.2, -0.15) is 0 Å². The first-order chi connectivity index (χ1) is 9.13. The lowest BCUT2D eigenvalue weighted by Crippen LogP contribution is -2.37. The third-order valence-corrected chi connectivity index (χ3v) is 3.63. The third-order valence-electron chi connectivity index (χ3n) is 3.63. The van der Waals surface area contributed by atoms with Crippen molar-refractivity contribution >= 4 is 11.7 Å². The van der Waals surface area contributed by atoms with Crippen molar-refractivity contribution in [3.05, 3.63) is 24.0 Å². The molecule has 19 heavy (non-hydrogen) atoms. The molecule has 0 amide bonds. The summed E-state index contributed by atoms with van der Waals surface area (Å²) < 4.78 is 5.15. The second-order valence-corrected chi connectivity index (χ2v) is 4.97. The number of carbonyl (C=O) groups is 1. The maximum atomic E-state index is 10.8. The van der Waals surface area contributed by atoms with Gasteiger partial charge in [0.25, 0.3) is 0 Å².